The Hall–Kier alpha value is -0.0800. The molecular formula is C8H16O2. The fraction of sp³-hybridized carbons (Fsp3) is 1.00. The molecule has 0 spiro atoms. The smallest absolute Gasteiger partial charge is 0.0877 e. The number of rotatable bonds is 2. The normalized spacial score (nSPS) is 32.1. The molecule has 1 rings (SSSR count). The summed E-state index contributed by atoms with van der Waals surface area (Å²) in [5, 5.41) is 9.70. The molecule has 0 amide bonds. The molecule has 2 nitrogen and oxygen atoms in total. The van der Waals surface area contributed by atoms with Crippen LogP contribution in [0.4, 0.5) is 0 Å². The van der Waals surface area contributed by atoms with E-state index in [1.807, 2.05) is 13.8 Å². The molecule has 0 aromatic heterocycles. The van der Waals surface area contributed by atoms with Crippen molar-refractivity contribution in [1.29, 1.82) is 0 Å². The van der Waals surface area contributed by atoms with Crippen molar-refractivity contribution in [3.63, 3.8) is 0 Å². The number of ether oxygens (including phenoxy) is 1. The lowest BCUT2D eigenvalue weighted by molar-refractivity contribution is -0.0743. The SMILES string of the molecule is CC[C@@](C)(O)[C@@H]1CCCO1. The first kappa shape index (κ1) is 8.02. The van der Waals surface area contributed by atoms with Crippen LogP contribution in [-0.2, 0) is 4.74 Å². The Morgan fingerprint density at radius 1 is 1.70 bits per heavy atom. The minimum Gasteiger partial charge on any atom is -0.387 e. The molecule has 60 valence electrons. The van der Waals surface area contributed by atoms with E-state index in [1.54, 1.807) is 0 Å². The van der Waals surface area contributed by atoms with E-state index >= 15 is 0 Å². The zero-order valence-electron chi connectivity index (χ0n) is 6.76. The summed E-state index contributed by atoms with van der Waals surface area (Å²) >= 11 is 0. The molecule has 0 bridgehead atoms. The maximum Gasteiger partial charge on any atom is 0.0877 e. The zero-order valence-corrected chi connectivity index (χ0v) is 6.76. The molecule has 10 heavy (non-hydrogen) atoms. The molecule has 0 aromatic rings. The van der Waals surface area contributed by atoms with Crippen LogP contribution in [0, 0.1) is 0 Å². The summed E-state index contributed by atoms with van der Waals surface area (Å²) in [5.74, 6) is 0. The van der Waals surface area contributed by atoms with Gasteiger partial charge in [-0.3, -0.25) is 0 Å². The van der Waals surface area contributed by atoms with Gasteiger partial charge < -0.3 is 9.84 Å². The lowest BCUT2D eigenvalue weighted by atomic mass is 9.94. The quantitative estimate of drug-likeness (QED) is 0.633. The average Bonchev–Trinajstić information content (AvgIpc) is 2.38. The molecule has 0 aromatic carbocycles. The molecule has 1 fully saturated rings. The van der Waals surface area contributed by atoms with Crippen molar-refractivity contribution in [2.24, 2.45) is 0 Å². The van der Waals surface area contributed by atoms with E-state index in [0.29, 0.717) is 0 Å². The molecule has 2 atom stereocenters. The average molecular weight is 144 g/mol. The summed E-state index contributed by atoms with van der Waals surface area (Å²) in [7, 11) is 0. The Balaban J connectivity index is 2.45. The van der Waals surface area contributed by atoms with E-state index in [4.69, 9.17) is 4.74 Å². The predicted molar refractivity (Wildman–Crippen MR) is 39.9 cm³/mol. The van der Waals surface area contributed by atoms with Crippen molar-refractivity contribution < 1.29 is 9.84 Å². The van der Waals surface area contributed by atoms with Crippen molar-refractivity contribution in [2.45, 2.75) is 44.8 Å². The van der Waals surface area contributed by atoms with Gasteiger partial charge in [-0.1, -0.05) is 6.92 Å². The molecule has 0 aliphatic carbocycles. The van der Waals surface area contributed by atoms with Gasteiger partial charge in [0.05, 0.1) is 11.7 Å². The minimum absolute atomic E-state index is 0.0810. The van der Waals surface area contributed by atoms with Crippen LogP contribution in [0.2, 0.25) is 0 Å². The maximum absolute atomic E-state index is 9.70. The van der Waals surface area contributed by atoms with Gasteiger partial charge in [-0.25, -0.2) is 0 Å². The summed E-state index contributed by atoms with van der Waals surface area (Å²) in [5.41, 5.74) is -0.601. The first-order chi connectivity index (χ1) is 4.67. The van der Waals surface area contributed by atoms with Gasteiger partial charge in [-0.2, -0.15) is 0 Å². The lowest BCUT2D eigenvalue weighted by Crippen LogP contribution is -2.37. The molecule has 1 aliphatic heterocycles. The second kappa shape index (κ2) is 2.89. The highest BCUT2D eigenvalue weighted by molar-refractivity contribution is 4.84. The maximum atomic E-state index is 9.70. The Kier molecular flexibility index (Phi) is 2.32. The van der Waals surface area contributed by atoms with Gasteiger partial charge in [0.1, 0.15) is 0 Å². The van der Waals surface area contributed by atoms with E-state index in [2.05, 4.69) is 0 Å². The predicted octanol–water partition coefficient (Wildman–Crippen LogP) is 1.33. The lowest BCUT2D eigenvalue weighted by Gasteiger charge is -2.27. The minimum atomic E-state index is -0.601. The fourth-order valence-corrected chi connectivity index (χ4v) is 1.30. The molecule has 2 heteroatoms. The van der Waals surface area contributed by atoms with E-state index in [0.717, 1.165) is 25.9 Å². The summed E-state index contributed by atoms with van der Waals surface area (Å²) in [6.07, 6.45) is 2.97. The molecule has 0 radical (unpaired) electrons. The van der Waals surface area contributed by atoms with Crippen molar-refractivity contribution >= 4 is 0 Å². The molecule has 1 N–H and O–H groups in total. The standard InChI is InChI=1S/C8H16O2/c1-3-8(2,9)7-5-4-6-10-7/h7,9H,3-6H2,1-2H3/t7-,8+/m0/s1. The van der Waals surface area contributed by atoms with Crippen LogP contribution in [0.5, 0.6) is 0 Å². The Bertz CT molecular complexity index is 104. The monoisotopic (exact) mass is 144 g/mol. The number of hydrogen-bond acceptors (Lipinski definition) is 2. The van der Waals surface area contributed by atoms with Crippen LogP contribution in [-0.4, -0.2) is 23.4 Å². The largest absolute Gasteiger partial charge is 0.387 e. The number of aliphatic hydroxyl groups is 1. The highest BCUT2D eigenvalue weighted by atomic mass is 16.5. The van der Waals surface area contributed by atoms with E-state index in [9.17, 15) is 5.11 Å². The molecule has 1 saturated heterocycles. The molecule has 1 aliphatic rings. The van der Waals surface area contributed by atoms with Gasteiger partial charge >= 0.3 is 0 Å². The van der Waals surface area contributed by atoms with E-state index in [-0.39, 0.29) is 6.10 Å². The van der Waals surface area contributed by atoms with Crippen LogP contribution in [0.25, 0.3) is 0 Å². The summed E-state index contributed by atoms with van der Waals surface area (Å²) in [6, 6.07) is 0. The van der Waals surface area contributed by atoms with E-state index < -0.39 is 5.60 Å². The van der Waals surface area contributed by atoms with Gasteiger partial charge in [-0.15, -0.1) is 0 Å². The van der Waals surface area contributed by atoms with Crippen LogP contribution >= 0.6 is 0 Å². The first-order valence-electron chi connectivity index (χ1n) is 4.01. The third kappa shape index (κ3) is 1.50. The third-order valence-electron chi connectivity index (χ3n) is 2.34. The molecular weight excluding hydrogens is 128 g/mol. The van der Waals surface area contributed by atoms with Crippen LogP contribution < -0.4 is 0 Å². The first-order valence-corrected chi connectivity index (χ1v) is 4.01. The van der Waals surface area contributed by atoms with Crippen molar-refractivity contribution in [3.8, 4) is 0 Å². The highest BCUT2D eigenvalue weighted by Gasteiger charge is 2.33. The summed E-state index contributed by atoms with van der Waals surface area (Å²) in [4.78, 5) is 0. The van der Waals surface area contributed by atoms with Crippen molar-refractivity contribution in [3.05, 3.63) is 0 Å². The summed E-state index contributed by atoms with van der Waals surface area (Å²) < 4.78 is 5.36. The highest BCUT2D eigenvalue weighted by Crippen LogP contribution is 2.25. The van der Waals surface area contributed by atoms with Gasteiger partial charge in [0.25, 0.3) is 0 Å². The van der Waals surface area contributed by atoms with Crippen LogP contribution in [0.15, 0.2) is 0 Å². The zero-order chi connectivity index (χ0) is 7.61. The number of hydrogen-bond donors (Lipinski definition) is 1. The second-order valence-electron chi connectivity index (χ2n) is 3.21. The van der Waals surface area contributed by atoms with Gasteiger partial charge in [0.2, 0.25) is 0 Å². The molecule has 0 saturated carbocycles. The van der Waals surface area contributed by atoms with E-state index in [1.165, 1.54) is 0 Å². The molecule has 0 unspecified atom stereocenters. The van der Waals surface area contributed by atoms with Crippen LogP contribution in [0.1, 0.15) is 33.1 Å². The van der Waals surface area contributed by atoms with Crippen molar-refractivity contribution in [2.75, 3.05) is 6.61 Å². The molecule has 1 heterocycles. The third-order valence-corrected chi connectivity index (χ3v) is 2.34. The van der Waals surface area contributed by atoms with Gasteiger partial charge in [0.15, 0.2) is 0 Å². The topological polar surface area (TPSA) is 29.5 Å². The Morgan fingerprint density at radius 3 is 2.80 bits per heavy atom. The second-order valence-corrected chi connectivity index (χ2v) is 3.21. The Morgan fingerprint density at radius 2 is 2.40 bits per heavy atom. The van der Waals surface area contributed by atoms with Crippen molar-refractivity contribution in [1.82, 2.24) is 0 Å². The fourth-order valence-electron chi connectivity index (χ4n) is 1.30. The van der Waals surface area contributed by atoms with Gasteiger partial charge in [0, 0.05) is 6.61 Å². The summed E-state index contributed by atoms with van der Waals surface area (Å²) in [6.45, 7) is 4.66. The Labute approximate surface area is 62.2 Å². The van der Waals surface area contributed by atoms with Gasteiger partial charge in [-0.05, 0) is 26.2 Å². The van der Waals surface area contributed by atoms with Crippen LogP contribution in [0.3, 0.4) is 0 Å².